The van der Waals surface area contributed by atoms with Gasteiger partial charge in [-0.3, -0.25) is 4.79 Å². The Balaban J connectivity index is 1.30. The Labute approximate surface area is 176 Å². The van der Waals surface area contributed by atoms with E-state index < -0.39 is 0 Å². The molecule has 30 heavy (non-hydrogen) atoms. The van der Waals surface area contributed by atoms with Crippen LogP contribution in [0.2, 0.25) is 0 Å². The first-order chi connectivity index (χ1) is 14.5. The summed E-state index contributed by atoms with van der Waals surface area (Å²) in [7, 11) is 0. The zero-order valence-corrected chi connectivity index (χ0v) is 17.7. The predicted molar refractivity (Wildman–Crippen MR) is 116 cm³/mol. The third-order valence-electron chi connectivity index (χ3n) is 6.04. The van der Waals surface area contributed by atoms with Gasteiger partial charge in [-0.15, -0.1) is 0 Å². The second-order valence-corrected chi connectivity index (χ2v) is 8.40. The molecule has 0 N–H and O–H groups in total. The molecule has 4 heterocycles. The summed E-state index contributed by atoms with van der Waals surface area (Å²) in [6, 6.07) is 10.4. The second-order valence-electron chi connectivity index (χ2n) is 8.40. The van der Waals surface area contributed by atoms with Crippen molar-refractivity contribution in [3.8, 4) is 5.82 Å². The third kappa shape index (κ3) is 3.24. The molecule has 1 aromatic carbocycles. The van der Waals surface area contributed by atoms with Crippen molar-refractivity contribution in [3.05, 3.63) is 59.2 Å². The van der Waals surface area contributed by atoms with E-state index in [0.717, 1.165) is 48.1 Å². The number of rotatable bonds is 3. The lowest BCUT2D eigenvalue weighted by Crippen LogP contribution is -2.55. The van der Waals surface area contributed by atoms with Gasteiger partial charge in [0, 0.05) is 37.1 Å². The number of benzene rings is 1. The highest BCUT2D eigenvalue weighted by Crippen LogP contribution is 2.32. The summed E-state index contributed by atoms with van der Waals surface area (Å²) in [6.45, 7) is 8.26. The first-order valence-corrected chi connectivity index (χ1v) is 10.5. The SMILES string of the molecule is Cc1ccc2c(c1)CCCN2C(=O)C1CN(c2cc(-n3nc(C)cc3C)ncn2)C1. The van der Waals surface area contributed by atoms with Gasteiger partial charge in [0.25, 0.3) is 0 Å². The maximum Gasteiger partial charge on any atom is 0.233 e. The summed E-state index contributed by atoms with van der Waals surface area (Å²) < 4.78 is 1.83. The Bertz CT molecular complexity index is 1110. The highest BCUT2D eigenvalue weighted by atomic mass is 16.2. The monoisotopic (exact) mass is 402 g/mol. The summed E-state index contributed by atoms with van der Waals surface area (Å²) in [5.41, 5.74) is 5.62. The number of fused-ring (bicyclic) bond motifs is 1. The Morgan fingerprint density at radius 3 is 2.60 bits per heavy atom. The first-order valence-electron chi connectivity index (χ1n) is 10.5. The molecule has 1 fully saturated rings. The van der Waals surface area contributed by atoms with Crippen LogP contribution in [0.4, 0.5) is 11.5 Å². The third-order valence-corrected chi connectivity index (χ3v) is 6.04. The van der Waals surface area contributed by atoms with Crippen LogP contribution >= 0.6 is 0 Å². The molecule has 0 atom stereocenters. The van der Waals surface area contributed by atoms with E-state index in [4.69, 9.17) is 0 Å². The van der Waals surface area contributed by atoms with Crippen molar-refractivity contribution in [2.45, 2.75) is 33.6 Å². The molecule has 0 unspecified atom stereocenters. The fourth-order valence-electron chi connectivity index (χ4n) is 4.48. The van der Waals surface area contributed by atoms with Gasteiger partial charge in [-0.25, -0.2) is 14.6 Å². The van der Waals surface area contributed by atoms with Crippen molar-refractivity contribution in [2.75, 3.05) is 29.4 Å². The standard InChI is InChI=1S/C23H26N6O/c1-15-6-7-20-18(9-15)5-4-8-28(20)23(30)19-12-27(13-19)21-11-22(25-14-24-21)29-17(3)10-16(2)26-29/h6-7,9-11,14,19H,4-5,8,12-13H2,1-3H3. The van der Waals surface area contributed by atoms with E-state index in [1.807, 2.05) is 35.6 Å². The van der Waals surface area contributed by atoms with Crippen LogP contribution in [0, 0.1) is 26.7 Å². The molecule has 0 aliphatic carbocycles. The fourth-order valence-corrected chi connectivity index (χ4v) is 4.48. The van der Waals surface area contributed by atoms with E-state index in [1.165, 1.54) is 11.1 Å². The summed E-state index contributed by atoms with van der Waals surface area (Å²) in [4.78, 5) is 26.1. The number of hydrogen-bond donors (Lipinski definition) is 0. The highest BCUT2D eigenvalue weighted by molar-refractivity contribution is 5.97. The Hall–Kier alpha value is -3.22. The van der Waals surface area contributed by atoms with Crippen LogP contribution in [0.25, 0.3) is 5.82 Å². The number of hydrogen-bond acceptors (Lipinski definition) is 5. The van der Waals surface area contributed by atoms with Gasteiger partial charge in [0.15, 0.2) is 5.82 Å². The topological polar surface area (TPSA) is 67.2 Å². The second kappa shape index (κ2) is 7.23. The van der Waals surface area contributed by atoms with Crippen molar-refractivity contribution in [2.24, 2.45) is 5.92 Å². The average Bonchev–Trinajstić information content (AvgIpc) is 3.04. The lowest BCUT2D eigenvalue weighted by molar-refractivity contribution is -0.123. The van der Waals surface area contributed by atoms with Crippen LogP contribution in [-0.2, 0) is 11.2 Å². The van der Waals surface area contributed by atoms with Crippen LogP contribution in [0.3, 0.4) is 0 Å². The van der Waals surface area contributed by atoms with Crippen molar-refractivity contribution in [1.82, 2.24) is 19.7 Å². The Kier molecular flexibility index (Phi) is 4.53. The molecule has 1 saturated heterocycles. The maximum atomic E-state index is 13.2. The molecule has 7 heteroatoms. The van der Waals surface area contributed by atoms with E-state index >= 15 is 0 Å². The summed E-state index contributed by atoms with van der Waals surface area (Å²) in [5, 5.41) is 4.50. The van der Waals surface area contributed by atoms with Crippen molar-refractivity contribution < 1.29 is 4.79 Å². The molecule has 2 aliphatic rings. The van der Waals surface area contributed by atoms with Gasteiger partial charge in [0.1, 0.15) is 12.1 Å². The molecule has 3 aromatic rings. The quantitative estimate of drug-likeness (QED) is 0.674. The van der Waals surface area contributed by atoms with Crippen LogP contribution in [0.1, 0.15) is 28.9 Å². The largest absolute Gasteiger partial charge is 0.355 e. The van der Waals surface area contributed by atoms with Gasteiger partial charge < -0.3 is 9.80 Å². The zero-order chi connectivity index (χ0) is 20.8. The number of nitrogens with zero attached hydrogens (tertiary/aromatic N) is 6. The minimum absolute atomic E-state index is 0.00403. The molecular formula is C23H26N6O. The molecule has 154 valence electrons. The summed E-state index contributed by atoms with van der Waals surface area (Å²) in [6.07, 6.45) is 3.64. The van der Waals surface area contributed by atoms with Gasteiger partial charge in [-0.05, 0) is 51.3 Å². The molecule has 2 aromatic heterocycles. The van der Waals surface area contributed by atoms with E-state index in [-0.39, 0.29) is 11.8 Å². The number of anilines is 2. The molecule has 0 saturated carbocycles. The van der Waals surface area contributed by atoms with Crippen molar-refractivity contribution >= 4 is 17.4 Å². The predicted octanol–water partition coefficient (Wildman–Crippen LogP) is 3.00. The van der Waals surface area contributed by atoms with Crippen molar-refractivity contribution in [3.63, 3.8) is 0 Å². The summed E-state index contributed by atoms with van der Waals surface area (Å²) >= 11 is 0. The van der Waals surface area contributed by atoms with Crippen LogP contribution in [0.15, 0.2) is 36.7 Å². The zero-order valence-electron chi connectivity index (χ0n) is 17.7. The molecular weight excluding hydrogens is 376 g/mol. The Morgan fingerprint density at radius 1 is 1.03 bits per heavy atom. The lowest BCUT2D eigenvalue weighted by Gasteiger charge is -2.42. The molecule has 0 radical (unpaired) electrons. The number of amides is 1. The molecule has 0 spiro atoms. The van der Waals surface area contributed by atoms with Gasteiger partial charge in [0.2, 0.25) is 5.91 Å². The first kappa shape index (κ1) is 18.8. The average molecular weight is 403 g/mol. The maximum absolute atomic E-state index is 13.2. The minimum Gasteiger partial charge on any atom is -0.355 e. The minimum atomic E-state index is 0.00403. The smallest absolute Gasteiger partial charge is 0.233 e. The lowest BCUT2D eigenvalue weighted by atomic mass is 9.94. The normalized spacial score (nSPS) is 16.4. The molecule has 1 amide bonds. The van der Waals surface area contributed by atoms with Gasteiger partial charge >= 0.3 is 0 Å². The number of carbonyl (C=O) groups is 1. The number of aryl methyl sites for hydroxylation is 4. The molecule has 2 aliphatic heterocycles. The molecule has 5 rings (SSSR count). The highest BCUT2D eigenvalue weighted by Gasteiger charge is 2.37. The van der Waals surface area contributed by atoms with Gasteiger partial charge in [-0.1, -0.05) is 17.7 Å². The molecule has 0 bridgehead atoms. The van der Waals surface area contributed by atoms with Crippen LogP contribution in [0.5, 0.6) is 0 Å². The van der Waals surface area contributed by atoms with E-state index in [1.54, 1.807) is 6.33 Å². The van der Waals surface area contributed by atoms with Gasteiger partial charge in [0.05, 0.1) is 11.6 Å². The number of aromatic nitrogens is 4. The van der Waals surface area contributed by atoms with Crippen molar-refractivity contribution in [1.29, 1.82) is 0 Å². The van der Waals surface area contributed by atoms with Crippen LogP contribution in [-0.4, -0.2) is 45.3 Å². The number of carbonyl (C=O) groups excluding carboxylic acids is 1. The summed E-state index contributed by atoms with van der Waals surface area (Å²) in [5.74, 6) is 1.82. The van der Waals surface area contributed by atoms with E-state index in [0.29, 0.717) is 13.1 Å². The van der Waals surface area contributed by atoms with E-state index in [2.05, 4.69) is 45.1 Å². The van der Waals surface area contributed by atoms with E-state index in [9.17, 15) is 4.79 Å². The van der Waals surface area contributed by atoms with Gasteiger partial charge in [-0.2, -0.15) is 5.10 Å². The Morgan fingerprint density at radius 2 is 1.83 bits per heavy atom. The fraction of sp³-hybridized carbons (Fsp3) is 0.391. The molecule has 7 nitrogen and oxygen atoms in total. The van der Waals surface area contributed by atoms with Crippen LogP contribution < -0.4 is 9.80 Å².